The van der Waals surface area contributed by atoms with E-state index < -0.39 is 0 Å². The van der Waals surface area contributed by atoms with Gasteiger partial charge in [0.05, 0.1) is 35.6 Å². The van der Waals surface area contributed by atoms with Crippen LogP contribution in [-0.4, -0.2) is 12.1 Å². The molecule has 2 aromatic rings. The summed E-state index contributed by atoms with van der Waals surface area (Å²) in [5.41, 5.74) is 4.02. The highest BCUT2D eigenvalue weighted by atomic mass is 32.1. The summed E-state index contributed by atoms with van der Waals surface area (Å²) in [6.45, 7) is 2.00. The van der Waals surface area contributed by atoms with Gasteiger partial charge < -0.3 is 10.1 Å². The minimum absolute atomic E-state index is 0.0275. The van der Waals surface area contributed by atoms with E-state index in [0.717, 1.165) is 5.69 Å². The van der Waals surface area contributed by atoms with Crippen LogP contribution in [0.25, 0.3) is 0 Å². The number of anilines is 1. The topological polar surface area (TPSA) is 57.9 Å². The Bertz CT molecular complexity index is 560. The summed E-state index contributed by atoms with van der Waals surface area (Å²) >= 11 is 1.55. The van der Waals surface area contributed by atoms with Crippen molar-refractivity contribution < 1.29 is 4.74 Å². The quantitative estimate of drug-likeness (QED) is 0.916. The lowest BCUT2D eigenvalue weighted by atomic mass is 10.1. The summed E-state index contributed by atoms with van der Waals surface area (Å²) in [4.78, 5) is 4.26. The molecule has 0 saturated carbocycles. The van der Waals surface area contributed by atoms with Crippen LogP contribution in [0.5, 0.6) is 5.75 Å². The summed E-state index contributed by atoms with van der Waals surface area (Å²) in [7, 11) is 1.59. The lowest BCUT2D eigenvalue weighted by Crippen LogP contribution is -2.09. The number of benzene rings is 1. The highest BCUT2D eigenvalue weighted by Crippen LogP contribution is 2.31. The van der Waals surface area contributed by atoms with Gasteiger partial charge in [-0.25, -0.2) is 4.98 Å². The fourth-order valence-electron chi connectivity index (χ4n) is 1.67. The molecular weight excluding hydrogens is 246 g/mol. The van der Waals surface area contributed by atoms with E-state index in [9.17, 15) is 0 Å². The fourth-order valence-corrected chi connectivity index (χ4v) is 2.32. The van der Waals surface area contributed by atoms with Gasteiger partial charge in [0.2, 0.25) is 0 Å². The molecule has 0 radical (unpaired) electrons. The van der Waals surface area contributed by atoms with Crippen LogP contribution >= 0.6 is 11.3 Å². The van der Waals surface area contributed by atoms with Crippen LogP contribution < -0.4 is 10.1 Å². The highest BCUT2D eigenvalue weighted by Gasteiger charge is 2.13. The predicted octanol–water partition coefficient (Wildman–Crippen LogP) is 3.20. The summed E-state index contributed by atoms with van der Waals surface area (Å²) < 4.78 is 5.27. The van der Waals surface area contributed by atoms with Gasteiger partial charge in [-0.3, -0.25) is 0 Å². The van der Waals surface area contributed by atoms with Crippen molar-refractivity contribution in [3.8, 4) is 11.8 Å². The van der Waals surface area contributed by atoms with Crippen molar-refractivity contribution in [3.05, 3.63) is 40.3 Å². The number of methoxy groups -OCH3 is 1. The van der Waals surface area contributed by atoms with Gasteiger partial charge in [0, 0.05) is 5.38 Å². The van der Waals surface area contributed by atoms with E-state index in [1.165, 1.54) is 0 Å². The minimum Gasteiger partial charge on any atom is -0.495 e. The maximum absolute atomic E-state index is 9.12. The molecule has 0 aliphatic carbocycles. The lowest BCUT2D eigenvalue weighted by Gasteiger charge is -2.17. The number of para-hydroxylation sites is 1. The first-order chi connectivity index (χ1) is 8.76. The Balaban J connectivity index is 2.31. The van der Waals surface area contributed by atoms with Gasteiger partial charge in [0.1, 0.15) is 11.8 Å². The first-order valence-electron chi connectivity index (χ1n) is 5.48. The molecule has 0 bridgehead atoms. The molecule has 0 saturated heterocycles. The van der Waals surface area contributed by atoms with Crippen molar-refractivity contribution >= 4 is 17.0 Å². The van der Waals surface area contributed by atoms with Crippen molar-refractivity contribution in [2.75, 3.05) is 12.4 Å². The zero-order valence-electron chi connectivity index (χ0n) is 10.2. The zero-order chi connectivity index (χ0) is 13.0. The number of nitrogens with zero attached hydrogens (tertiary/aromatic N) is 2. The second-order valence-corrected chi connectivity index (χ2v) is 4.49. The normalized spacial score (nSPS) is 11.6. The molecule has 1 atom stereocenters. The van der Waals surface area contributed by atoms with E-state index in [-0.39, 0.29) is 6.04 Å². The van der Waals surface area contributed by atoms with E-state index >= 15 is 0 Å². The fraction of sp³-hybridized carbons (Fsp3) is 0.231. The molecule has 1 aromatic carbocycles. The van der Waals surface area contributed by atoms with E-state index in [0.29, 0.717) is 17.0 Å². The van der Waals surface area contributed by atoms with Crippen LogP contribution in [0.4, 0.5) is 5.69 Å². The Kier molecular flexibility index (Phi) is 3.80. The van der Waals surface area contributed by atoms with Crippen LogP contribution in [0.1, 0.15) is 24.2 Å². The van der Waals surface area contributed by atoms with E-state index in [1.807, 2.05) is 18.4 Å². The van der Waals surface area contributed by atoms with Gasteiger partial charge in [-0.05, 0) is 19.1 Å². The van der Waals surface area contributed by atoms with Crippen molar-refractivity contribution in [1.82, 2.24) is 4.98 Å². The molecule has 4 nitrogen and oxygen atoms in total. The second-order valence-electron chi connectivity index (χ2n) is 3.77. The second kappa shape index (κ2) is 5.52. The standard InChI is InChI=1S/C13H13N3OS/c1-9(11-7-18-8-15-11)16-13-10(6-14)4-3-5-12(13)17-2/h3-5,7-9,16H,1-2H3. The van der Waals surface area contributed by atoms with Gasteiger partial charge in [-0.2, -0.15) is 5.26 Å². The van der Waals surface area contributed by atoms with Crippen molar-refractivity contribution in [3.63, 3.8) is 0 Å². The van der Waals surface area contributed by atoms with E-state index in [4.69, 9.17) is 10.00 Å². The number of nitrogens with one attached hydrogen (secondary N) is 1. The lowest BCUT2D eigenvalue weighted by molar-refractivity contribution is 0.416. The van der Waals surface area contributed by atoms with Crippen LogP contribution in [0.15, 0.2) is 29.1 Å². The van der Waals surface area contributed by atoms with Crippen molar-refractivity contribution in [2.45, 2.75) is 13.0 Å². The largest absolute Gasteiger partial charge is 0.495 e. The Morgan fingerprint density at radius 2 is 2.33 bits per heavy atom. The van der Waals surface area contributed by atoms with Crippen molar-refractivity contribution in [2.24, 2.45) is 0 Å². The SMILES string of the molecule is COc1cccc(C#N)c1NC(C)c1cscn1. The number of thiazole rings is 1. The molecule has 1 aromatic heterocycles. The Hall–Kier alpha value is -2.06. The number of hydrogen-bond donors (Lipinski definition) is 1. The number of nitriles is 1. The third-order valence-electron chi connectivity index (χ3n) is 2.62. The van der Waals surface area contributed by atoms with Crippen LogP contribution in [0.3, 0.4) is 0 Å². The zero-order valence-corrected chi connectivity index (χ0v) is 11.0. The summed E-state index contributed by atoms with van der Waals surface area (Å²) in [6.07, 6.45) is 0. The maximum atomic E-state index is 9.12. The minimum atomic E-state index is 0.0275. The molecule has 5 heteroatoms. The molecule has 0 aliphatic rings. The Morgan fingerprint density at radius 3 is 2.94 bits per heavy atom. The summed E-state index contributed by atoms with van der Waals surface area (Å²) in [5, 5.41) is 14.4. The van der Waals surface area contributed by atoms with Crippen LogP contribution in [0, 0.1) is 11.3 Å². The highest BCUT2D eigenvalue weighted by molar-refractivity contribution is 7.07. The number of aromatic nitrogens is 1. The molecular formula is C13H13N3OS. The average molecular weight is 259 g/mol. The monoisotopic (exact) mass is 259 g/mol. The predicted molar refractivity (Wildman–Crippen MR) is 71.9 cm³/mol. The van der Waals surface area contributed by atoms with Crippen molar-refractivity contribution in [1.29, 1.82) is 5.26 Å². The van der Waals surface area contributed by atoms with Gasteiger partial charge >= 0.3 is 0 Å². The first kappa shape index (κ1) is 12.4. The first-order valence-corrected chi connectivity index (χ1v) is 6.42. The summed E-state index contributed by atoms with van der Waals surface area (Å²) in [6, 6.07) is 7.58. The molecule has 18 heavy (non-hydrogen) atoms. The number of rotatable bonds is 4. The van der Waals surface area contributed by atoms with Crippen LogP contribution in [0.2, 0.25) is 0 Å². The molecule has 0 amide bonds. The maximum Gasteiger partial charge on any atom is 0.143 e. The number of ether oxygens (including phenoxy) is 1. The van der Waals surface area contributed by atoms with Crippen LogP contribution in [-0.2, 0) is 0 Å². The molecule has 1 unspecified atom stereocenters. The molecule has 1 N–H and O–H groups in total. The smallest absolute Gasteiger partial charge is 0.143 e. The van der Waals surface area contributed by atoms with Gasteiger partial charge in [-0.15, -0.1) is 11.3 Å². The van der Waals surface area contributed by atoms with Gasteiger partial charge in [0.25, 0.3) is 0 Å². The molecule has 2 rings (SSSR count). The Morgan fingerprint density at radius 1 is 1.50 bits per heavy atom. The molecule has 0 spiro atoms. The summed E-state index contributed by atoms with van der Waals surface area (Å²) in [5.74, 6) is 0.663. The van der Waals surface area contributed by atoms with Gasteiger partial charge in [-0.1, -0.05) is 6.07 Å². The third kappa shape index (κ3) is 2.44. The molecule has 0 fully saturated rings. The third-order valence-corrected chi connectivity index (χ3v) is 3.23. The van der Waals surface area contributed by atoms with E-state index in [2.05, 4.69) is 16.4 Å². The number of hydrogen-bond acceptors (Lipinski definition) is 5. The van der Waals surface area contributed by atoms with Gasteiger partial charge in [0.15, 0.2) is 0 Å². The van der Waals surface area contributed by atoms with E-state index in [1.54, 1.807) is 36.1 Å². The average Bonchev–Trinajstić information content (AvgIpc) is 2.93. The molecule has 92 valence electrons. The molecule has 1 heterocycles. The Labute approximate surface area is 110 Å². The molecule has 0 aliphatic heterocycles.